The standard InChI is InChI=1S/C26H32N2O6S2/c1-5-33-25(31)20-17-11-10-13(2)12-19(17)36-24(20)28-22(30)14(3)34-26(32)21-16-8-6-7-9-18(16)35-23(21)27-15(4)29/h13-14H,5-12H2,1-4H3,(H,27,29)(H,28,30)/t13-,14+/m0/s1. The highest BCUT2D eigenvalue weighted by atomic mass is 32.1. The van der Waals surface area contributed by atoms with Gasteiger partial charge < -0.3 is 20.1 Å². The summed E-state index contributed by atoms with van der Waals surface area (Å²) in [4.78, 5) is 52.9. The molecule has 0 aromatic carbocycles. The first kappa shape index (κ1) is 26.3. The van der Waals surface area contributed by atoms with Crippen LogP contribution in [0.4, 0.5) is 10.0 Å². The maximum absolute atomic E-state index is 13.2. The van der Waals surface area contributed by atoms with E-state index >= 15 is 0 Å². The molecule has 10 heteroatoms. The van der Waals surface area contributed by atoms with Gasteiger partial charge in [0, 0.05) is 16.7 Å². The van der Waals surface area contributed by atoms with Crippen molar-refractivity contribution in [2.24, 2.45) is 5.92 Å². The van der Waals surface area contributed by atoms with Crippen molar-refractivity contribution >= 4 is 56.4 Å². The Morgan fingerprint density at radius 1 is 0.944 bits per heavy atom. The van der Waals surface area contributed by atoms with Gasteiger partial charge in [0.2, 0.25) is 5.91 Å². The molecule has 4 rings (SSSR count). The van der Waals surface area contributed by atoms with Crippen LogP contribution in [0.5, 0.6) is 0 Å². The molecule has 2 aromatic rings. The van der Waals surface area contributed by atoms with Gasteiger partial charge in [-0.2, -0.15) is 0 Å². The van der Waals surface area contributed by atoms with Crippen molar-refractivity contribution in [3.63, 3.8) is 0 Å². The Morgan fingerprint density at radius 2 is 1.58 bits per heavy atom. The Balaban J connectivity index is 1.53. The molecule has 2 aliphatic carbocycles. The largest absolute Gasteiger partial charge is 0.462 e. The number of esters is 2. The number of amides is 2. The van der Waals surface area contributed by atoms with E-state index in [2.05, 4.69) is 17.6 Å². The van der Waals surface area contributed by atoms with Gasteiger partial charge in [-0.3, -0.25) is 9.59 Å². The molecule has 2 aromatic heterocycles. The number of anilines is 2. The summed E-state index contributed by atoms with van der Waals surface area (Å²) < 4.78 is 10.8. The molecule has 194 valence electrons. The van der Waals surface area contributed by atoms with Crippen LogP contribution < -0.4 is 10.6 Å². The molecule has 0 spiro atoms. The first-order valence-corrected chi connectivity index (χ1v) is 14.1. The zero-order valence-corrected chi connectivity index (χ0v) is 22.7. The molecule has 0 bridgehead atoms. The number of thiophene rings is 2. The third-order valence-corrected chi connectivity index (χ3v) is 8.92. The Morgan fingerprint density at radius 3 is 2.31 bits per heavy atom. The van der Waals surface area contributed by atoms with E-state index in [0.29, 0.717) is 27.0 Å². The lowest BCUT2D eigenvalue weighted by atomic mass is 9.88. The molecule has 0 fully saturated rings. The quantitative estimate of drug-likeness (QED) is 0.478. The maximum atomic E-state index is 13.2. The summed E-state index contributed by atoms with van der Waals surface area (Å²) in [6, 6.07) is 0. The van der Waals surface area contributed by atoms with Crippen LogP contribution in [0.2, 0.25) is 0 Å². The molecular weight excluding hydrogens is 500 g/mol. The molecule has 0 saturated carbocycles. The van der Waals surface area contributed by atoms with Crippen LogP contribution in [0, 0.1) is 5.92 Å². The number of carbonyl (C=O) groups is 4. The Labute approximate surface area is 218 Å². The number of aryl methyl sites for hydroxylation is 1. The van der Waals surface area contributed by atoms with Crippen molar-refractivity contribution < 1.29 is 28.7 Å². The number of nitrogens with one attached hydrogen (secondary N) is 2. The van der Waals surface area contributed by atoms with Gasteiger partial charge >= 0.3 is 11.9 Å². The Hall–Kier alpha value is -2.72. The summed E-state index contributed by atoms with van der Waals surface area (Å²) in [6.07, 6.45) is 5.06. The lowest BCUT2D eigenvalue weighted by molar-refractivity contribution is -0.123. The normalized spacial score (nSPS) is 17.4. The van der Waals surface area contributed by atoms with Crippen molar-refractivity contribution in [2.45, 2.75) is 78.7 Å². The minimum atomic E-state index is -1.10. The predicted molar refractivity (Wildman–Crippen MR) is 140 cm³/mol. The van der Waals surface area contributed by atoms with E-state index in [1.54, 1.807) is 6.92 Å². The van der Waals surface area contributed by atoms with Crippen LogP contribution in [-0.2, 0) is 44.7 Å². The summed E-state index contributed by atoms with van der Waals surface area (Å²) in [6.45, 7) is 7.06. The second-order valence-electron chi connectivity index (χ2n) is 9.41. The summed E-state index contributed by atoms with van der Waals surface area (Å²) in [5.74, 6) is -1.37. The number of hydrogen-bond acceptors (Lipinski definition) is 8. The number of fused-ring (bicyclic) bond motifs is 2. The highest BCUT2D eigenvalue weighted by molar-refractivity contribution is 7.17. The first-order valence-electron chi connectivity index (χ1n) is 12.4. The predicted octanol–water partition coefficient (Wildman–Crippen LogP) is 5.13. The molecule has 0 unspecified atom stereocenters. The van der Waals surface area contributed by atoms with Crippen molar-refractivity contribution in [3.05, 3.63) is 32.0 Å². The minimum absolute atomic E-state index is 0.239. The fraction of sp³-hybridized carbons (Fsp3) is 0.538. The van der Waals surface area contributed by atoms with E-state index in [4.69, 9.17) is 9.47 Å². The van der Waals surface area contributed by atoms with Crippen molar-refractivity contribution in [3.8, 4) is 0 Å². The average molecular weight is 533 g/mol. The van der Waals surface area contributed by atoms with Crippen LogP contribution in [0.1, 0.15) is 88.6 Å². The molecule has 8 nitrogen and oxygen atoms in total. The van der Waals surface area contributed by atoms with Gasteiger partial charge in [-0.25, -0.2) is 9.59 Å². The number of hydrogen-bond donors (Lipinski definition) is 2. The van der Waals surface area contributed by atoms with Crippen molar-refractivity contribution in [2.75, 3.05) is 17.2 Å². The van der Waals surface area contributed by atoms with Gasteiger partial charge in [0.05, 0.1) is 17.7 Å². The molecule has 2 atom stereocenters. The third-order valence-electron chi connectivity index (χ3n) is 6.55. The monoisotopic (exact) mass is 532 g/mol. The second-order valence-corrected chi connectivity index (χ2v) is 11.6. The van der Waals surface area contributed by atoms with Gasteiger partial charge in [0.1, 0.15) is 10.0 Å². The molecule has 2 N–H and O–H groups in total. The van der Waals surface area contributed by atoms with Gasteiger partial charge in [0.25, 0.3) is 5.91 Å². The summed E-state index contributed by atoms with van der Waals surface area (Å²) in [7, 11) is 0. The fourth-order valence-electron chi connectivity index (χ4n) is 4.77. The van der Waals surface area contributed by atoms with E-state index in [1.165, 1.54) is 36.5 Å². The van der Waals surface area contributed by atoms with E-state index < -0.39 is 23.9 Å². The average Bonchev–Trinajstić information content (AvgIpc) is 3.35. The molecule has 0 radical (unpaired) electrons. The topological polar surface area (TPSA) is 111 Å². The molecule has 2 aliphatic rings. The van der Waals surface area contributed by atoms with Crippen LogP contribution in [-0.4, -0.2) is 36.5 Å². The number of rotatable bonds is 7. The highest BCUT2D eigenvalue weighted by Crippen LogP contribution is 2.41. The summed E-state index contributed by atoms with van der Waals surface area (Å²) in [5.41, 5.74) is 2.60. The SMILES string of the molecule is CCOC(=O)c1c(NC(=O)[C@@H](C)OC(=O)c2c(NC(C)=O)sc3c2CCCC3)sc2c1CC[C@H](C)C2. The van der Waals surface area contributed by atoms with Gasteiger partial charge in [-0.1, -0.05) is 6.92 Å². The molecule has 2 heterocycles. The van der Waals surface area contributed by atoms with Crippen molar-refractivity contribution in [1.29, 1.82) is 0 Å². The Kier molecular flexibility index (Phi) is 8.14. The zero-order valence-electron chi connectivity index (χ0n) is 21.1. The molecule has 2 amide bonds. The summed E-state index contributed by atoms with van der Waals surface area (Å²) in [5, 5.41) is 6.47. The van der Waals surface area contributed by atoms with Crippen LogP contribution in [0.15, 0.2) is 0 Å². The minimum Gasteiger partial charge on any atom is -0.462 e. The number of ether oxygens (including phenoxy) is 2. The fourth-order valence-corrected chi connectivity index (χ4v) is 7.50. The van der Waals surface area contributed by atoms with E-state index in [9.17, 15) is 19.2 Å². The lowest BCUT2D eigenvalue weighted by Gasteiger charge is -2.18. The van der Waals surface area contributed by atoms with Gasteiger partial charge in [-0.15, -0.1) is 22.7 Å². The van der Waals surface area contributed by atoms with Gasteiger partial charge in [0.15, 0.2) is 6.10 Å². The second kappa shape index (κ2) is 11.1. The Bertz CT molecular complexity index is 1200. The molecule has 36 heavy (non-hydrogen) atoms. The molecule has 0 aliphatic heterocycles. The van der Waals surface area contributed by atoms with Crippen LogP contribution in [0.3, 0.4) is 0 Å². The van der Waals surface area contributed by atoms with Crippen LogP contribution in [0.25, 0.3) is 0 Å². The lowest BCUT2D eigenvalue weighted by Crippen LogP contribution is -2.30. The first-order chi connectivity index (χ1) is 17.2. The van der Waals surface area contributed by atoms with E-state index in [0.717, 1.165) is 65.8 Å². The molecule has 0 saturated heterocycles. The van der Waals surface area contributed by atoms with E-state index in [-0.39, 0.29) is 12.5 Å². The zero-order chi connectivity index (χ0) is 26.0. The molecular formula is C26H32N2O6S2. The maximum Gasteiger partial charge on any atom is 0.342 e. The van der Waals surface area contributed by atoms with Gasteiger partial charge in [-0.05, 0) is 75.8 Å². The van der Waals surface area contributed by atoms with E-state index in [1.807, 2.05) is 0 Å². The highest BCUT2D eigenvalue weighted by Gasteiger charge is 2.32. The summed E-state index contributed by atoms with van der Waals surface area (Å²) >= 11 is 2.79. The third kappa shape index (κ3) is 5.49. The van der Waals surface area contributed by atoms with Crippen LogP contribution >= 0.6 is 22.7 Å². The smallest absolute Gasteiger partial charge is 0.342 e. The van der Waals surface area contributed by atoms with Crippen molar-refractivity contribution in [1.82, 2.24) is 0 Å². The number of carbonyl (C=O) groups excluding carboxylic acids is 4.